The quantitative estimate of drug-likeness (QED) is 0.711. The number of carbonyl (C=O) groups is 1. The Morgan fingerprint density at radius 2 is 1.88 bits per heavy atom. The van der Waals surface area contributed by atoms with Crippen LogP contribution in [-0.4, -0.2) is 39.7 Å². The Balaban J connectivity index is 1.65. The van der Waals surface area contributed by atoms with Gasteiger partial charge in [-0.25, -0.2) is 9.67 Å². The van der Waals surface area contributed by atoms with Crippen LogP contribution in [0.4, 0.5) is 0 Å². The van der Waals surface area contributed by atoms with Gasteiger partial charge in [-0.05, 0) is 30.8 Å². The second-order valence-corrected chi connectivity index (χ2v) is 6.41. The van der Waals surface area contributed by atoms with Crippen molar-refractivity contribution in [2.24, 2.45) is 0 Å². The van der Waals surface area contributed by atoms with Crippen molar-refractivity contribution in [2.75, 3.05) is 14.1 Å². The molecule has 1 N–H and O–H groups in total. The molecule has 1 atom stereocenters. The molecule has 0 saturated heterocycles. The maximum Gasteiger partial charge on any atom is 0.242 e. The van der Waals surface area contributed by atoms with Crippen LogP contribution >= 0.6 is 0 Å². The highest BCUT2D eigenvalue weighted by atomic mass is 16.2. The van der Waals surface area contributed by atoms with E-state index in [0.717, 1.165) is 16.7 Å². The molecule has 0 aliphatic heterocycles. The highest BCUT2D eigenvalue weighted by molar-refractivity contribution is 5.83. The normalized spacial score (nSPS) is 12.1. The van der Waals surface area contributed by atoms with Gasteiger partial charge in [-0.15, -0.1) is 0 Å². The monoisotopic (exact) mass is 349 g/mol. The maximum absolute atomic E-state index is 12.7. The largest absolute Gasteiger partial charge is 0.350 e. The van der Waals surface area contributed by atoms with E-state index >= 15 is 0 Å². The van der Waals surface area contributed by atoms with Gasteiger partial charge in [0.15, 0.2) is 0 Å². The lowest BCUT2D eigenvalue weighted by molar-refractivity contribution is -0.125. The number of hydrogen-bond acceptors (Lipinski definition) is 4. The van der Waals surface area contributed by atoms with Crippen molar-refractivity contribution in [1.82, 2.24) is 25.0 Å². The van der Waals surface area contributed by atoms with Crippen LogP contribution in [0.1, 0.15) is 22.7 Å². The smallest absolute Gasteiger partial charge is 0.242 e. The summed E-state index contributed by atoms with van der Waals surface area (Å²) in [4.78, 5) is 18.6. The predicted molar refractivity (Wildman–Crippen MR) is 100 cm³/mol. The summed E-state index contributed by atoms with van der Waals surface area (Å²) < 4.78 is 1.77. The number of benzene rings is 2. The Kier molecular flexibility index (Phi) is 5.76. The second-order valence-electron chi connectivity index (χ2n) is 6.41. The highest BCUT2D eigenvalue weighted by Gasteiger charge is 2.22. The van der Waals surface area contributed by atoms with Crippen LogP contribution in [-0.2, 0) is 17.9 Å². The Labute approximate surface area is 153 Å². The minimum absolute atomic E-state index is 0.0112. The first-order valence-corrected chi connectivity index (χ1v) is 8.53. The number of amides is 1. The summed E-state index contributed by atoms with van der Waals surface area (Å²) in [6.07, 6.45) is 3.21. The summed E-state index contributed by atoms with van der Waals surface area (Å²) in [7, 11) is 3.83. The molecule has 1 amide bonds. The first-order valence-electron chi connectivity index (χ1n) is 8.53. The molecule has 2 aromatic carbocycles. The van der Waals surface area contributed by atoms with E-state index in [9.17, 15) is 4.79 Å². The fourth-order valence-electron chi connectivity index (χ4n) is 2.94. The predicted octanol–water partition coefficient (Wildman–Crippen LogP) is 2.25. The van der Waals surface area contributed by atoms with Gasteiger partial charge in [0, 0.05) is 6.54 Å². The van der Waals surface area contributed by atoms with E-state index in [-0.39, 0.29) is 11.9 Å². The summed E-state index contributed by atoms with van der Waals surface area (Å²) in [5, 5.41) is 7.17. The summed E-state index contributed by atoms with van der Waals surface area (Å²) in [5.41, 5.74) is 3.16. The molecule has 134 valence electrons. The number of nitrogens with one attached hydrogen (secondary N) is 1. The first kappa shape index (κ1) is 17.8. The van der Waals surface area contributed by atoms with E-state index in [2.05, 4.69) is 21.5 Å². The fourth-order valence-corrected chi connectivity index (χ4v) is 2.94. The average molecular weight is 349 g/mol. The number of nitrogens with zero attached hydrogens (tertiary/aromatic N) is 4. The van der Waals surface area contributed by atoms with E-state index in [4.69, 9.17) is 0 Å². The van der Waals surface area contributed by atoms with Crippen LogP contribution in [0.2, 0.25) is 0 Å². The average Bonchev–Trinajstić information content (AvgIpc) is 3.14. The van der Waals surface area contributed by atoms with Gasteiger partial charge in [-0.1, -0.05) is 54.6 Å². The third-order valence-corrected chi connectivity index (χ3v) is 4.15. The molecule has 0 aliphatic carbocycles. The minimum Gasteiger partial charge on any atom is -0.350 e. The van der Waals surface area contributed by atoms with Crippen molar-refractivity contribution in [1.29, 1.82) is 0 Å². The van der Waals surface area contributed by atoms with E-state index in [1.165, 1.54) is 6.33 Å². The Bertz CT molecular complexity index is 830. The lowest BCUT2D eigenvalue weighted by atomic mass is 10.0. The number of rotatable bonds is 7. The van der Waals surface area contributed by atoms with Crippen LogP contribution in [0.25, 0.3) is 0 Å². The van der Waals surface area contributed by atoms with E-state index in [1.807, 2.05) is 67.5 Å². The van der Waals surface area contributed by atoms with E-state index in [1.54, 1.807) is 11.0 Å². The Morgan fingerprint density at radius 3 is 2.58 bits per heavy atom. The van der Waals surface area contributed by atoms with Crippen LogP contribution in [0.15, 0.2) is 67.3 Å². The SMILES string of the molecule is CN(C)[C@@H](C(=O)NCc1cccc(Cn2cncn2)c1)c1ccccc1. The number of carbonyl (C=O) groups excluding carboxylic acids is 1. The molecule has 6 heteroatoms. The molecular weight excluding hydrogens is 326 g/mol. The molecule has 0 unspecified atom stereocenters. The topological polar surface area (TPSA) is 63.1 Å². The van der Waals surface area contributed by atoms with E-state index < -0.39 is 0 Å². The molecule has 0 fully saturated rings. The van der Waals surface area contributed by atoms with Crippen molar-refractivity contribution >= 4 is 5.91 Å². The van der Waals surface area contributed by atoms with Gasteiger partial charge in [-0.2, -0.15) is 5.10 Å². The fraction of sp³-hybridized carbons (Fsp3) is 0.250. The molecule has 0 saturated carbocycles. The summed E-state index contributed by atoms with van der Waals surface area (Å²) in [6.45, 7) is 1.15. The molecular formula is C20H23N5O. The van der Waals surface area contributed by atoms with Crippen molar-refractivity contribution in [3.63, 3.8) is 0 Å². The molecule has 0 radical (unpaired) electrons. The van der Waals surface area contributed by atoms with Gasteiger partial charge in [0.2, 0.25) is 5.91 Å². The second kappa shape index (κ2) is 8.40. The van der Waals surface area contributed by atoms with Crippen molar-refractivity contribution in [3.05, 3.63) is 83.9 Å². The zero-order valence-electron chi connectivity index (χ0n) is 15.0. The molecule has 1 heterocycles. The molecule has 0 aliphatic rings. The van der Waals surface area contributed by atoms with Gasteiger partial charge in [0.1, 0.15) is 18.7 Å². The Hall–Kier alpha value is -2.99. The summed E-state index contributed by atoms with van der Waals surface area (Å²) in [6, 6.07) is 17.6. The lowest BCUT2D eigenvalue weighted by Crippen LogP contribution is -2.36. The van der Waals surface area contributed by atoms with Crippen LogP contribution in [0.5, 0.6) is 0 Å². The van der Waals surface area contributed by atoms with Gasteiger partial charge in [0.05, 0.1) is 6.54 Å². The van der Waals surface area contributed by atoms with Gasteiger partial charge in [-0.3, -0.25) is 9.69 Å². The molecule has 1 aromatic heterocycles. The molecule has 0 bridgehead atoms. The molecule has 0 spiro atoms. The van der Waals surface area contributed by atoms with Crippen LogP contribution in [0.3, 0.4) is 0 Å². The van der Waals surface area contributed by atoms with Crippen molar-refractivity contribution in [2.45, 2.75) is 19.1 Å². The number of hydrogen-bond donors (Lipinski definition) is 1. The third-order valence-electron chi connectivity index (χ3n) is 4.15. The minimum atomic E-state index is -0.311. The lowest BCUT2D eigenvalue weighted by Gasteiger charge is -2.24. The number of aromatic nitrogens is 3. The van der Waals surface area contributed by atoms with Crippen molar-refractivity contribution < 1.29 is 4.79 Å². The molecule has 3 aromatic rings. The zero-order valence-corrected chi connectivity index (χ0v) is 15.0. The highest BCUT2D eigenvalue weighted by Crippen LogP contribution is 2.18. The maximum atomic E-state index is 12.7. The van der Waals surface area contributed by atoms with Crippen LogP contribution < -0.4 is 5.32 Å². The van der Waals surface area contributed by atoms with Crippen molar-refractivity contribution in [3.8, 4) is 0 Å². The van der Waals surface area contributed by atoms with Gasteiger partial charge >= 0.3 is 0 Å². The van der Waals surface area contributed by atoms with Gasteiger partial charge in [0.25, 0.3) is 0 Å². The first-order chi connectivity index (χ1) is 12.6. The van der Waals surface area contributed by atoms with Crippen LogP contribution in [0, 0.1) is 0 Å². The standard InChI is InChI=1S/C20H23N5O/c1-24(2)19(18-9-4-3-5-10-18)20(26)22-12-16-7-6-8-17(11-16)13-25-15-21-14-23-25/h3-11,14-15,19H,12-13H2,1-2H3,(H,22,26)/t19-/m1/s1. The third kappa shape index (κ3) is 4.55. The Morgan fingerprint density at radius 1 is 1.12 bits per heavy atom. The summed E-state index contributed by atoms with van der Waals surface area (Å²) in [5.74, 6) is -0.0112. The van der Waals surface area contributed by atoms with E-state index in [0.29, 0.717) is 13.1 Å². The molecule has 6 nitrogen and oxygen atoms in total. The number of likely N-dealkylation sites (N-methyl/N-ethyl adjacent to an activating group) is 1. The summed E-state index contributed by atoms with van der Waals surface area (Å²) >= 11 is 0. The van der Waals surface area contributed by atoms with Gasteiger partial charge < -0.3 is 5.32 Å². The zero-order chi connectivity index (χ0) is 18.4. The molecule has 26 heavy (non-hydrogen) atoms. The molecule has 3 rings (SSSR count).